The van der Waals surface area contributed by atoms with Crippen LogP contribution in [0.4, 0.5) is 5.69 Å². The number of rotatable bonds is 6. The summed E-state index contributed by atoms with van der Waals surface area (Å²) in [6.45, 7) is 12.1. The molecule has 0 atom stereocenters. The lowest BCUT2D eigenvalue weighted by molar-refractivity contribution is -0.496. The van der Waals surface area contributed by atoms with Crippen molar-refractivity contribution in [1.82, 2.24) is 0 Å². The maximum Gasteiger partial charge on any atom is 0.338 e. The highest BCUT2D eigenvalue weighted by Crippen LogP contribution is 2.42. The van der Waals surface area contributed by atoms with Crippen LogP contribution >= 0.6 is 7.82 Å². The van der Waals surface area contributed by atoms with E-state index in [4.69, 9.17) is 28.4 Å². The molecule has 1 heterocycles. The molecule has 38 heavy (non-hydrogen) atoms. The number of hydrogen-bond donors (Lipinski definition) is 2. The topological polar surface area (TPSA) is 152 Å². The van der Waals surface area contributed by atoms with E-state index in [2.05, 4.69) is 62.3 Å². The smallest absolute Gasteiger partial charge is 0.338 e. The van der Waals surface area contributed by atoms with Crippen molar-refractivity contribution in [2.75, 3.05) is 25.0 Å². The third-order valence-electron chi connectivity index (χ3n) is 5.84. The van der Waals surface area contributed by atoms with Crippen LogP contribution in [0, 0.1) is 13.8 Å². The van der Waals surface area contributed by atoms with Crippen molar-refractivity contribution in [1.29, 1.82) is 0 Å². The van der Waals surface area contributed by atoms with E-state index in [1.54, 1.807) is 0 Å². The van der Waals surface area contributed by atoms with E-state index in [-0.39, 0.29) is 5.97 Å². The van der Waals surface area contributed by atoms with Gasteiger partial charge in [0, 0.05) is 40.4 Å². The Hall–Kier alpha value is -3.49. The summed E-state index contributed by atoms with van der Waals surface area (Å²) in [5.74, 6) is 0.446. The van der Waals surface area contributed by atoms with Crippen LogP contribution in [0.5, 0.6) is 0 Å². The quantitative estimate of drug-likeness (QED) is 0.213. The zero-order valence-electron chi connectivity index (χ0n) is 22.0. The largest absolute Gasteiger partial charge is 0.822 e. The van der Waals surface area contributed by atoms with Crippen LogP contribution in [0.2, 0.25) is 0 Å². The van der Waals surface area contributed by atoms with Crippen molar-refractivity contribution < 1.29 is 38.2 Å². The summed E-state index contributed by atoms with van der Waals surface area (Å²) in [7, 11) is -5.39. The lowest BCUT2D eigenvalue weighted by Crippen LogP contribution is -2.76. The van der Waals surface area contributed by atoms with E-state index in [0.29, 0.717) is 12.2 Å². The second kappa shape index (κ2) is 12.4. The molecule has 0 saturated heterocycles. The Morgan fingerprint density at radius 3 is 2.32 bits per heavy atom. The van der Waals surface area contributed by atoms with E-state index in [1.165, 1.54) is 0 Å². The van der Waals surface area contributed by atoms with Gasteiger partial charge in [0.1, 0.15) is 17.9 Å². The predicted molar refractivity (Wildman–Crippen MR) is 140 cm³/mol. The highest BCUT2D eigenvalue weighted by molar-refractivity contribution is 7.40. The molecule has 0 fully saturated rings. The van der Waals surface area contributed by atoms with Gasteiger partial charge in [-0.25, -0.2) is 9.79 Å². The van der Waals surface area contributed by atoms with E-state index in [9.17, 15) is 4.79 Å². The molecule has 0 aromatic heterocycles. The van der Waals surface area contributed by atoms with Crippen LogP contribution < -0.4 is 30.3 Å². The number of ether oxygens (including phenoxy) is 1. The number of carbonyl (C=O) groups excluding carboxylic acids is 1. The van der Waals surface area contributed by atoms with Gasteiger partial charge >= 0.3 is 5.97 Å². The Morgan fingerprint density at radius 2 is 1.68 bits per heavy atom. The second-order valence-corrected chi connectivity index (χ2v) is 9.47. The zero-order valence-corrected chi connectivity index (χ0v) is 22.9. The third kappa shape index (κ3) is 6.88. The van der Waals surface area contributed by atoms with Gasteiger partial charge in [-0.05, 0) is 63.9 Å². The van der Waals surface area contributed by atoms with Crippen molar-refractivity contribution in [3.63, 3.8) is 0 Å². The molecule has 0 amide bonds. The number of fused-ring (bicyclic) bond motifs is 2. The summed E-state index contributed by atoms with van der Waals surface area (Å²) < 4.78 is 20.4. The molecule has 0 saturated carbocycles. The summed E-state index contributed by atoms with van der Waals surface area (Å²) >= 11 is 0. The monoisotopic (exact) mass is 538 g/mol. The fourth-order valence-electron chi connectivity index (χ4n) is 4.34. The first-order valence-electron chi connectivity index (χ1n) is 12.3. The number of hydrogen-bond acceptors (Lipinski definition) is 8. The van der Waals surface area contributed by atoms with E-state index in [0.717, 1.165) is 68.7 Å². The van der Waals surface area contributed by atoms with Crippen molar-refractivity contribution >= 4 is 30.4 Å². The van der Waals surface area contributed by atoms with Crippen LogP contribution in [-0.2, 0) is 9.30 Å². The number of aryl methyl sites for hydroxylation is 2. The lowest BCUT2D eigenvalue weighted by atomic mass is 9.89. The molecule has 0 bridgehead atoms. The molecule has 2 aliphatic rings. The van der Waals surface area contributed by atoms with Crippen molar-refractivity contribution in [2.45, 2.75) is 34.6 Å². The molecule has 9 nitrogen and oxygen atoms in total. The summed E-state index contributed by atoms with van der Waals surface area (Å²) in [4.78, 5) is 41.9. The molecule has 2 aromatic carbocycles. The molecule has 202 valence electrons. The number of phosphoric acid groups is 1. The molecule has 2 N–H and O–H groups in total. The summed E-state index contributed by atoms with van der Waals surface area (Å²) in [6, 6.07) is 16.0. The average Bonchev–Trinajstić information content (AvgIpc) is 2.84. The van der Waals surface area contributed by atoms with E-state index >= 15 is 0 Å². The van der Waals surface area contributed by atoms with Gasteiger partial charge in [-0.1, -0.05) is 18.2 Å². The Labute approximate surface area is 221 Å². The van der Waals surface area contributed by atoms with E-state index < -0.39 is 7.82 Å². The SMILES string of the molecule is CCNc1cc2oc3cc(=[NH+]CC)c(C)cc-3c(-c3ccccc3C(=O)OCC)c2cc1C.O=P([O-])([O-])[O-]. The Balaban J connectivity index is 0.000000732. The number of anilines is 1. The maximum absolute atomic E-state index is 12.9. The van der Waals surface area contributed by atoms with Gasteiger partial charge in [-0.3, -0.25) is 0 Å². The lowest BCUT2D eigenvalue weighted by Gasteiger charge is -2.36. The van der Waals surface area contributed by atoms with Gasteiger partial charge in [-0.2, -0.15) is 7.82 Å². The van der Waals surface area contributed by atoms with E-state index in [1.807, 2.05) is 31.2 Å². The van der Waals surface area contributed by atoms with Crippen molar-refractivity contribution in [2.24, 2.45) is 0 Å². The second-order valence-electron chi connectivity index (χ2n) is 8.58. The number of benzene rings is 3. The minimum Gasteiger partial charge on any atom is -0.822 e. The standard InChI is InChI=1S/C28H30N2O3.H3O4P/c1-6-29-23-15-25-21(13-17(23)4)27(19-11-9-10-12-20(19)28(31)32-8-3)22-14-18(5)24(30-7-2)16-26(22)33-25;1-5(2,3)4/h9-16,29H,6-8H2,1-5H3;(H3,1,2,3,4)/p-2. The van der Waals surface area contributed by atoms with Crippen LogP contribution in [0.25, 0.3) is 33.4 Å². The summed E-state index contributed by atoms with van der Waals surface area (Å²) in [5.41, 5.74) is 7.38. The first-order valence-corrected chi connectivity index (χ1v) is 13.8. The minimum atomic E-state index is -5.39. The van der Waals surface area contributed by atoms with Gasteiger partial charge in [-0.15, -0.1) is 0 Å². The van der Waals surface area contributed by atoms with Crippen LogP contribution in [0.1, 0.15) is 42.3 Å². The molecular weight excluding hydrogens is 507 g/mol. The zero-order chi connectivity index (χ0) is 28.0. The molecule has 10 heteroatoms. The number of esters is 1. The fourth-order valence-corrected chi connectivity index (χ4v) is 4.34. The molecule has 2 aromatic rings. The van der Waals surface area contributed by atoms with Crippen LogP contribution in [0.3, 0.4) is 0 Å². The summed E-state index contributed by atoms with van der Waals surface area (Å²) in [5, 5.41) is 5.42. The molecule has 1 aliphatic heterocycles. The van der Waals surface area contributed by atoms with Gasteiger partial charge in [0.05, 0.1) is 18.2 Å². The van der Waals surface area contributed by atoms with Crippen LogP contribution in [0.15, 0.2) is 52.9 Å². The molecular formula is C28H31N2O7P-2. The molecule has 1 aliphatic carbocycles. The third-order valence-corrected chi connectivity index (χ3v) is 5.84. The number of carbonyl (C=O) groups is 1. The predicted octanol–water partition coefficient (Wildman–Crippen LogP) is 1.61. The first-order chi connectivity index (χ1) is 18.0. The van der Waals surface area contributed by atoms with Gasteiger partial charge in [0.2, 0.25) is 5.36 Å². The van der Waals surface area contributed by atoms with Crippen molar-refractivity contribution in [3.05, 3.63) is 70.6 Å². The Kier molecular flexibility index (Phi) is 9.46. The molecule has 0 unspecified atom stereocenters. The van der Waals surface area contributed by atoms with Crippen molar-refractivity contribution in [3.8, 4) is 22.5 Å². The Morgan fingerprint density at radius 1 is 1.00 bits per heavy atom. The van der Waals surface area contributed by atoms with Gasteiger partial charge in [0.25, 0.3) is 0 Å². The first kappa shape index (κ1) is 29.1. The average molecular weight is 539 g/mol. The Bertz CT molecular complexity index is 1530. The minimum absolute atomic E-state index is 0.322. The molecule has 0 radical (unpaired) electrons. The molecule has 0 spiro atoms. The van der Waals surface area contributed by atoms with Crippen LogP contribution in [-0.4, -0.2) is 25.7 Å². The molecule has 4 rings (SSSR count). The maximum atomic E-state index is 12.9. The fraction of sp³-hybridized carbons (Fsp3) is 0.286. The highest BCUT2D eigenvalue weighted by Gasteiger charge is 2.23. The normalized spacial score (nSPS) is 11.8. The van der Waals surface area contributed by atoms with Gasteiger partial charge in [0.15, 0.2) is 0 Å². The van der Waals surface area contributed by atoms with Gasteiger partial charge < -0.3 is 33.7 Å². The highest BCUT2D eigenvalue weighted by atomic mass is 31.2. The summed E-state index contributed by atoms with van der Waals surface area (Å²) in [6.07, 6.45) is 0. The number of nitrogens with one attached hydrogen (secondary N) is 2.